The molecule has 6 nitrogen and oxygen atoms in total. The van der Waals surface area contributed by atoms with E-state index in [4.69, 9.17) is 11.6 Å². The summed E-state index contributed by atoms with van der Waals surface area (Å²) in [5.41, 5.74) is 2.56. The van der Waals surface area contributed by atoms with Crippen molar-refractivity contribution in [2.24, 2.45) is 0 Å². The van der Waals surface area contributed by atoms with Crippen LogP contribution in [0.2, 0.25) is 5.02 Å². The molecule has 3 aromatic rings. The van der Waals surface area contributed by atoms with Crippen LogP contribution in [-0.2, 0) is 0 Å². The number of rotatable bonds is 9. The molecule has 1 aromatic carbocycles. The van der Waals surface area contributed by atoms with Crippen molar-refractivity contribution >= 4 is 59.1 Å². The molecule has 0 bridgehead atoms. The smallest absolute Gasteiger partial charge is 0.165 e. The van der Waals surface area contributed by atoms with Crippen molar-refractivity contribution in [2.45, 2.75) is 39.7 Å². The number of hydrogen-bond donors (Lipinski definition) is 1. The number of anilines is 2. The van der Waals surface area contributed by atoms with Crippen LogP contribution in [0.25, 0.3) is 11.2 Å². The second-order valence-electron chi connectivity index (χ2n) is 6.70. The average molecular weight is 460 g/mol. The van der Waals surface area contributed by atoms with Crippen molar-refractivity contribution in [1.82, 2.24) is 24.4 Å². The fourth-order valence-electron chi connectivity index (χ4n) is 3.23. The Hall–Kier alpha value is -1.60. The molecule has 0 radical (unpaired) electrons. The first-order chi connectivity index (χ1) is 13.1. The van der Waals surface area contributed by atoms with Gasteiger partial charge in [-0.25, -0.2) is 15.0 Å². The minimum atomic E-state index is 0. The van der Waals surface area contributed by atoms with Crippen molar-refractivity contribution in [3.8, 4) is 0 Å². The second kappa shape index (κ2) is 12.2. The lowest BCUT2D eigenvalue weighted by molar-refractivity contribution is 0.288. The lowest BCUT2D eigenvalue weighted by Gasteiger charge is -2.20. The van der Waals surface area contributed by atoms with Gasteiger partial charge in [0.05, 0.1) is 6.33 Å². The van der Waals surface area contributed by atoms with Crippen molar-refractivity contribution < 1.29 is 0 Å². The number of imidazole rings is 1. The van der Waals surface area contributed by atoms with Gasteiger partial charge >= 0.3 is 0 Å². The summed E-state index contributed by atoms with van der Waals surface area (Å²) in [5.74, 6) is 0.705. The van der Waals surface area contributed by atoms with Crippen LogP contribution in [0, 0.1) is 0 Å². The van der Waals surface area contributed by atoms with Crippen LogP contribution in [-0.4, -0.2) is 44.1 Å². The predicted octanol–water partition coefficient (Wildman–Crippen LogP) is 5.75. The molecular formula is C20H29Cl3N6. The summed E-state index contributed by atoms with van der Waals surface area (Å²) in [6.45, 7) is 9.97. The maximum absolute atomic E-state index is 5.96. The van der Waals surface area contributed by atoms with E-state index in [1.807, 2.05) is 30.6 Å². The second-order valence-corrected chi connectivity index (χ2v) is 7.13. The van der Waals surface area contributed by atoms with Gasteiger partial charge in [0.25, 0.3) is 0 Å². The van der Waals surface area contributed by atoms with Crippen LogP contribution >= 0.6 is 36.4 Å². The van der Waals surface area contributed by atoms with Gasteiger partial charge in [-0.05, 0) is 63.7 Å². The Kier molecular flexibility index (Phi) is 10.7. The molecule has 0 aliphatic rings. The Morgan fingerprint density at radius 3 is 2.41 bits per heavy atom. The van der Waals surface area contributed by atoms with Gasteiger partial charge in [0.1, 0.15) is 6.33 Å². The number of nitrogens with one attached hydrogen (secondary N) is 1. The molecule has 1 atom stereocenters. The molecule has 160 valence electrons. The van der Waals surface area contributed by atoms with Crippen LogP contribution in [0.1, 0.15) is 39.7 Å². The first kappa shape index (κ1) is 25.4. The highest BCUT2D eigenvalue weighted by Crippen LogP contribution is 2.25. The van der Waals surface area contributed by atoms with Crippen LogP contribution in [0.3, 0.4) is 0 Å². The maximum atomic E-state index is 5.96. The number of benzene rings is 1. The molecule has 1 unspecified atom stereocenters. The summed E-state index contributed by atoms with van der Waals surface area (Å²) in [6, 6.07) is 7.87. The minimum absolute atomic E-state index is 0. The van der Waals surface area contributed by atoms with E-state index in [9.17, 15) is 0 Å². The van der Waals surface area contributed by atoms with Gasteiger partial charge < -0.3 is 14.8 Å². The standard InChI is InChI=1S/C20H27ClN6.2ClH/c1-4-26(5-2)12-6-7-15(3)27-14-24-18-19(22-13-23-20(18)27)25-17-10-8-16(21)9-11-17;;/h8-11,13-15H,4-7,12H2,1-3H3,(H,22,23,25);2*1H. The van der Waals surface area contributed by atoms with Crippen LogP contribution in [0.5, 0.6) is 0 Å². The molecule has 29 heavy (non-hydrogen) atoms. The van der Waals surface area contributed by atoms with E-state index >= 15 is 0 Å². The quantitative estimate of drug-likeness (QED) is 0.441. The first-order valence-electron chi connectivity index (χ1n) is 9.54. The molecule has 0 saturated carbocycles. The van der Waals surface area contributed by atoms with Gasteiger partial charge in [0.15, 0.2) is 17.0 Å². The Morgan fingerprint density at radius 2 is 1.76 bits per heavy atom. The van der Waals surface area contributed by atoms with Gasteiger partial charge in [-0.15, -0.1) is 24.8 Å². The van der Waals surface area contributed by atoms with Gasteiger partial charge in [-0.2, -0.15) is 0 Å². The molecule has 0 aliphatic heterocycles. The van der Waals surface area contributed by atoms with Crippen molar-refractivity contribution in [2.75, 3.05) is 25.0 Å². The lowest BCUT2D eigenvalue weighted by Crippen LogP contribution is -2.24. The third-order valence-electron chi connectivity index (χ3n) is 4.93. The zero-order chi connectivity index (χ0) is 19.2. The monoisotopic (exact) mass is 458 g/mol. The zero-order valence-electron chi connectivity index (χ0n) is 17.0. The van der Waals surface area contributed by atoms with E-state index in [2.05, 4.69) is 50.5 Å². The molecule has 0 amide bonds. The van der Waals surface area contributed by atoms with E-state index in [0.29, 0.717) is 16.9 Å². The molecule has 0 saturated heterocycles. The zero-order valence-corrected chi connectivity index (χ0v) is 19.4. The van der Waals surface area contributed by atoms with Crippen LogP contribution < -0.4 is 5.32 Å². The number of hydrogen-bond acceptors (Lipinski definition) is 5. The largest absolute Gasteiger partial charge is 0.338 e. The summed E-state index contributed by atoms with van der Waals surface area (Å²) < 4.78 is 2.15. The van der Waals surface area contributed by atoms with Crippen LogP contribution in [0.4, 0.5) is 11.5 Å². The topological polar surface area (TPSA) is 58.9 Å². The summed E-state index contributed by atoms with van der Waals surface area (Å²) >= 11 is 5.96. The highest BCUT2D eigenvalue weighted by molar-refractivity contribution is 6.30. The molecule has 0 fully saturated rings. The molecular weight excluding hydrogens is 431 g/mol. The Labute approximate surface area is 189 Å². The number of halogens is 3. The Bertz CT molecular complexity index is 864. The fourth-order valence-corrected chi connectivity index (χ4v) is 3.35. The molecule has 0 aliphatic carbocycles. The molecule has 2 aromatic heterocycles. The summed E-state index contributed by atoms with van der Waals surface area (Å²) in [4.78, 5) is 15.9. The predicted molar refractivity (Wildman–Crippen MR) is 126 cm³/mol. The van der Waals surface area contributed by atoms with Gasteiger partial charge in [0, 0.05) is 16.8 Å². The lowest BCUT2D eigenvalue weighted by atomic mass is 10.1. The molecule has 9 heteroatoms. The van der Waals surface area contributed by atoms with Gasteiger partial charge in [0.2, 0.25) is 0 Å². The SMILES string of the molecule is CCN(CC)CCCC(C)n1cnc2c(Nc3ccc(Cl)cc3)ncnc21.Cl.Cl. The molecule has 1 N–H and O–H groups in total. The normalized spacial score (nSPS) is 11.8. The molecule has 2 heterocycles. The van der Waals surface area contributed by atoms with E-state index in [0.717, 1.165) is 49.3 Å². The Morgan fingerprint density at radius 1 is 1.07 bits per heavy atom. The summed E-state index contributed by atoms with van der Waals surface area (Å²) in [7, 11) is 0. The first-order valence-corrected chi connectivity index (χ1v) is 9.92. The third kappa shape index (κ3) is 6.44. The molecule has 0 spiro atoms. The van der Waals surface area contributed by atoms with Crippen molar-refractivity contribution in [3.05, 3.63) is 41.9 Å². The van der Waals surface area contributed by atoms with Gasteiger partial charge in [-0.3, -0.25) is 0 Å². The van der Waals surface area contributed by atoms with E-state index in [-0.39, 0.29) is 24.8 Å². The summed E-state index contributed by atoms with van der Waals surface area (Å²) in [6.07, 6.45) is 5.70. The third-order valence-corrected chi connectivity index (χ3v) is 5.18. The highest BCUT2D eigenvalue weighted by Gasteiger charge is 2.14. The Balaban J connectivity index is 0.00000210. The fraction of sp³-hybridized carbons (Fsp3) is 0.450. The van der Waals surface area contributed by atoms with Crippen LogP contribution in [0.15, 0.2) is 36.9 Å². The maximum Gasteiger partial charge on any atom is 0.165 e. The minimum Gasteiger partial charge on any atom is -0.338 e. The van der Waals surface area contributed by atoms with Gasteiger partial charge in [-0.1, -0.05) is 25.4 Å². The van der Waals surface area contributed by atoms with E-state index in [1.54, 1.807) is 6.33 Å². The van der Waals surface area contributed by atoms with Crippen molar-refractivity contribution in [3.63, 3.8) is 0 Å². The van der Waals surface area contributed by atoms with E-state index in [1.165, 1.54) is 0 Å². The molecule has 3 rings (SSSR count). The number of nitrogens with zero attached hydrogens (tertiary/aromatic N) is 5. The van der Waals surface area contributed by atoms with Crippen molar-refractivity contribution in [1.29, 1.82) is 0 Å². The summed E-state index contributed by atoms with van der Waals surface area (Å²) in [5, 5.41) is 4.01. The van der Waals surface area contributed by atoms with E-state index < -0.39 is 0 Å². The number of fused-ring (bicyclic) bond motifs is 1. The average Bonchev–Trinajstić information content (AvgIpc) is 3.12. The highest BCUT2D eigenvalue weighted by atomic mass is 35.5. The number of aromatic nitrogens is 4.